The van der Waals surface area contributed by atoms with Crippen LogP contribution in [-0.4, -0.2) is 41.0 Å². The van der Waals surface area contributed by atoms with Crippen molar-refractivity contribution >= 4 is 11.8 Å². The molecule has 2 N–H and O–H groups in total. The lowest BCUT2D eigenvalue weighted by molar-refractivity contribution is -0.129. The molecule has 5 nitrogen and oxygen atoms in total. The zero-order valence-electron chi connectivity index (χ0n) is 13.9. The van der Waals surface area contributed by atoms with Crippen molar-refractivity contribution in [2.45, 2.75) is 39.3 Å². The summed E-state index contributed by atoms with van der Waals surface area (Å²) >= 11 is 0. The minimum Gasteiger partial charge on any atom is -0.396 e. The van der Waals surface area contributed by atoms with Crippen LogP contribution in [0, 0.1) is 11.8 Å². The quantitative estimate of drug-likeness (QED) is 0.801. The molecule has 1 heterocycles. The van der Waals surface area contributed by atoms with Crippen LogP contribution in [0.2, 0.25) is 0 Å². The first kappa shape index (κ1) is 17.5. The van der Waals surface area contributed by atoms with Crippen molar-refractivity contribution < 1.29 is 14.7 Å². The number of amides is 2. The van der Waals surface area contributed by atoms with Gasteiger partial charge in [0, 0.05) is 32.2 Å². The molecule has 23 heavy (non-hydrogen) atoms. The van der Waals surface area contributed by atoms with Gasteiger partial charge in [-0.2, -0.15) is 0 Å². The summed E-state index contributed by atoms with van der Waals surface area (Å²) in [6.45, 7) is 5.09. The number of benzene rings is 1. The Hall–Kier alpha value is -1.88. The third-order valence-electron chi connectivity index (χ3n) is 4.37. The summed E-state index contributed by atoms with van der Waals surface area (Å²) in [5, 5.41) is 12.1. The number of hydrogen-bond acceptors (Lipinski definition) is 3. The standard InChI is InChI=1S/C18H26N2O3/c1-13(2)16(8-9-21)19-18(23)15-10-17(22)20(12-15)11-14-6-4-3-5-7-14/h3-7,13,15-16,21H,8-12H2,1-2H3,(H,19,23). The van der Waals surface area contributed by atoms with Gasteiger partial charge in [0.2, 0.25) is 11.8 Å². The molecule has 2 atom stereocenters. The van der Waals surface area contributed by atoms with Crippen molar-refractivity contribution in [3.05, 3.63) is 35.9 Å². The molecular weight excluding hydrogens is 292 g/mol. The molecule has 0 saturated carbocycles. The van der Waals surface area contributed by atoms with Gasteiger partial charge in [-0.05, 0) is 17.9 Å². The number of aliphatic hydroxyl groups excluding tert-OH is 1. The van der Waals surface area contributed by atoms with Crippen LogP contribution < -0.4 is 5.32 Å². The molecule has 0 radical (unpaired) electrons. The average molecular weight is 318 g/mol. The minimum atomic E-state index is -0.300. The zero-order chi connectivity index (χ0) is 16.8. The summed E-state index contributed by atoms with van der Waals surface area (Å²) in [6.07, 6.45) is 0.806. The fraction of sp³-hybridized carbons (Fsp3) is 0.556. The highest BCUT2D eigenvalue weighted by atomic mass is 16.3. The van der Waals surface area contributed by atoms with E-state index in [1.807, 2.05) is 44.2 Å². The molecule has 1 saturated heterocycles. The number of hydrogen-bond donors (Lipinski definition) is 2. The molecule has 1 aliphatic heterocycles. The van der Waals surface area contributed by atoms with E-state index in [1.54, 1.807) is 4.90 Å². The van der Waals surface area contributed by atoms with Crippen molar-refractivity contribution in [1.82, 2.24) is 10.2 Å². The Balaban J connectivity index is 1.92. The van der Waals surface area contributed by atoms with Crippen molar-refractivity contribution in [2.75, 3.05) is 13.2 Å². The van der Waals surface area contributed by atoms with Crippen molar-refractivity contribution in [3.63, 3.8) is 0 Å². The van der Waals surface area contributed by atoms with Crippen LogP contribution in [0.4, 0.5) is 0 Å². The van der Waals surface area contributed by atoms with Gasteiger partial charge in [-0.15, -0.1) is 0 Å². The first-order chi connectivity index (χ1) is 11.0. The van der Waals surface area contributed by atoms with E-state index in [0.717, 1.165) is 5.56 Å². The highest BCUT2D eigenvalue weighted by Gasteiger charge is 2.35. The van der Waals surface area contributed by atoms with Crippen LogP contribution in [-0.2, 0) is 16.1 Å². The van der Waals surface area contributed by atoms with Gasteiger partial charge >= 0.3 is 0 Å². The predicted octanol–water partition coefficient (Wildman–Crippen LogP) is 1.56. The zero-order valence-corrected chi connectivity index (χ0v) is 13.9. The molecule has 0 bridgehead atoms. The number of aliphatic hydroxyl groups is 1. The molecule has 0 aliphatic carbocycles. The van der Waals surface area contributed by atoms with Crippen LogP contribution in [0.3, 0.4) is 0 Å². The Morgan fingerprint density at radius 1 is 1.35 bits per heavy atom. The Morgan fingerprint density at radius 2 is 2.04 bits per heavy atom. The second-order valence-corrected chi connectivity index (χ2v) is 6.53. The van der Waals surface area contributed by atoms with E-state index in [0.29, 0.717) is 19.5 Å². The number of rotatable bonds is 7. The number of carbonyl (C=O) groups is 2. The Bertz CT molecular complexity index is 530. The second-order valence-electron chi connectivity index (χ2n) is 6.53. The van der Waals surface area contributed by atoms with Gasteiger partial charge in [-0.3, -0.25) is 9.59 Å². The van der Waals surface area contributed by atoms with Crippen LogP contribution in [0.1, 0.15) is 32.3 Å². The molecule has 0 aromatic heterocycles. The van der Waals surface area contributed by atoms with Gasteiger partial charge in [-0.1, -0.05) is 44.2 Å². The van der Waals surface area contributed by atoms with Gasteiger partial charge in [0.25, 0.3) is 0 Å². The highest BCUT2D eigenvalue weighted by Crippen LogP contribution is 2.21. The predicted molar refractivity (Wildman–Crippen MR) is 88.4 cm³/mol. The third kappa shape index (κ3) is 4.79. The smallest absolute Gasteiger partial charge is 0.225 e. The topological polar surface area (TPSA) is 69.6 Å². The Morgan fingerprint density at radius 3 is 2.65 bits per heavy atom. The summed E-state index contributed by atoms with van der Waals surface area (Å²) < 4.78 is 0. The molecule has 2 unspecified atom stereocenters. The van der Waals surface area contributed by atoms with E-state index in [4.69, 9.17) is 5.11 Å². The second kappa shape index (κ2) is 8.11. The summed E-state index contributed by atoms with van der Waals surface area (Å²) in [5.74, 6) is -0.104. The lowest BCUT2D eigenvalue weighted by Gasteiger charge is -2.23. The number of nitrogens with one attached hydrogen (secondary N) is 1. The maximum absolute atomic E-state index is 12.4. The largest absolute Gasteiger partial charge is 0.396 e. The molecule has 2 amide bonds. The molecule has 1 aromatic rings. The molecule has 1 aliphatic rings. The first-order valence-electron chi connectivity index (χ1n) is 8.24. The first-order valence-corrected chi connectivity index (χ1v) is 8.24. The van der Waals surface area contributed by atoms with Gasteiger partial charge in [0.1, 0.15) is 0 Å². The number of likely N-dealkylation sites (tertiary alicyclic amines) is 1. The molecular formula is C18H26N2O3. The molecule has 1 fully saturated rings. The lowest BCUT2D eigenvalue weighted by Crippen LogP contribution is -2.43. The van der Waals surface area contributed by atoms with Crippen LogP contribution in [0.5, 0.6) is 0 Å². The maximum atomic E-state index is 12.4. The average Bonchev–Trinajstić information content (AvgIpc) is 2.89. The maximum Gasteiger partial charge on any atom is 0.225 e. The lowest BCUT2D eigenvalue weighted by atomic mass is 9.99. The van der Waals surface area contributed by atoms with E-state index < -0.39 is 0 Å². The van der Waals surface area contributed by atoms with Crippen LogP contribution in [0.15, 0.2) is 30.3 Å². The van der Waals surface area contributed by atoms with Crippen LogP contribution in [0.25, 0.3) is 0 Å². The van der Waals surface area contributed by atoms with E-state index in [9.17, 15) is 9.59 Å². The fourth-order valence-electron chi connectivity index (χ4n) is 2.92. The molecule has 126 valence electrons. The van der Waals surface area contributed by atoms with E-state index >= 15 is 0 Å². The molecule has 1 aromatic carbocycles. The minimum absolute atomic E-state index is 0.0252. The summed E-state index contributed by atoms with van der Waals surface area (Å²) in [4.78, 5) is 26.3. The van der Waals surface area contributed by atoms with Crippen molar-refractivity contribution in [2.24, 2.45) is 11.8 Å². The SMILES string of the molecule is CC(C)C(CCO)NC(=O)C1CC(=O)N(Cc2ccccc2)C1. The summed E-state index contributed by atoms with van der Waals surface area (Å²) in [7, 11) is 0. The van der Waals surface area contributed by atoms with Gasteiger partial charge in [0.15, 0.2) is 0 Å². The summed E-state index contributed by atoms with van der Waals surface area (Å²) in [5.41, 5.74) is 1.07. The molecule has 0 spiro atoms. The van der Waals surface area contributed by atoms with Gasteiger partial charge in [-0.25, -0.2) is 0 Å². The van der Waals surface area contributed by atoms with Gasteiger partial charge < -0.3 is 15.3 Å². The normalized spacial score (nSPS) is 19.2. The third-order valence-corrected chi connectivity index (χ3v) is 4.37. The van der Waals surface area contributed by atoms with E-state index in [2.05, 4.69) is 5.32 Å². The highest BCUT2D eigenvalue weighted by molar-refractivity contribution is 5.89. The van der Waals surface area contributed by atoms with E-state index in [-0.39, 0.29) is 42.7 Å². The molecule has 2 rings (SSSR count). The van der Waals surface area contributed by atoms with Gasteiger partial charge in [0.05, 0.1) is 5.92 Å². The van der Waals surface area contributed by atoms with Crippen molar-refractivity contribution in [1.29, 1.82) is 0 Å². The monoisotopic (exact) mass is 318 g/mol. The number of nitrogens with zero attached hydrogens (tertiary/aromatic N) is 1. The van der Waals surface area contributed by atoms with E-state index in [1.165, 1.54) is 0 Å². The van der Waals surface area contributed by atoms with Crippen molar-refractivity contribution in [3.8, 4) is 0 Å². The Labute approximate surface area is 137 Å². The van der Waals surface area contributed by atoms with Crippen LogP contribution >= 0.6 is 0 Å². The fourth-order valence-corrected chi connectivity index (χ4v) is 2.92. The number of carbonyl (C=O) groups excluding carboxylic acids is 2. The summed E-state index contributed by atoms with van der Waals surface area (Å²) in [6, 6.07) is 9.75. The Kier molecular flexibility index (Phi) is 6.16. The molecule has 5 heteroatoms.